The predicted molar refractivity (Wildman–Crippen MR) is 78.1 cm³/mol. The second-order valence-corrected chi connectivity index (χ2v) is 5.77. The summed E-state index contributed by atoms with van der Waals surface area (Å²) in [4.78, 5) is 23.8. The largest absolute Gasteiger partial charge is 0.369 e. The van der Waals surface area contributed by atoms with Gasteiger partial charge in [-0.15, -0.1) is 11.8 Å². The van der Waals surface area contributed by atoms with Crippen LogP contribution >= 0.6 is 11.8 Å². The van der Waals surface area contributed by atoms with E-state index in [2.05, 4.69) is 19.2 Å². The van der Waals surface area contributed by atoms with Crippen molar-refractivity contribution in [3.63, 3.8) is 0 Å². The van der Waals surface area contributed by atoms with Crippen LogP contribution in [0, 0.1) is 5.92 Å². The van der Waals surface area contributed by atoms with E-state index in [1.165, 1.54) is 11.8 Å². The average Bonchev–Trinajstić information content (AvgIpc) is 2.36. The highest BCUT2D eigenvalue weighted by Crippen LogP contribution is 2.22. The average molecular weight is 280 g/mol. The van der Waals surface area contributed by atoms with Gasteiger partial charge in [0, 0.05) is 10.9 Å². The van der Waals surface area contributed by atoms with Gasteiger partial charge in [0.15, 0.2) is 0 Å². The molecule has 0 aromatic heterocycles. The van der Waals surface area contributed by atoms with Gasteiger partial charge in [0.2, 0.25) is 5.91 Å². The van der Waals surface area contributed by atoms with E-state index in [1.807, 2.05) is 25.1 Å². The van der Waals surface area contributed by atoms with E-state index in [0.717, 1.165) is 4.90 Å². The fourth-order valence-corrected chi connectivity index (χ4v) is 2.17. The summed E-state index contributed by atoms with van der Waals surface area (Å²) in [5, 5.41) is 2.96. The van der Waals surface area contributed by atoms with Gasteiger partial charge in [-0.25, -0.2) is 0 Å². The number of nitrogens with two attached hydrogens (primary N) is 1. The SMILES string of the molecule is CC(C)C(C)NC(=O)c1ccccc1SCC(N)=O. The number of carbonyl (C=O) groups is 2. The molecule has 19 heavy (non-hydrogen) atoms. The molecule has 0 fully saturated rings. The first-order valence-electron chi connectivity index (χ1n) is 6.22. The Morgan fingerprint density at radius 3 is 2.47 bits per heavy atom. The minimum atomic E-state index is -0.393. The van der Waals surface area contributed by atoms with Crippen molar-refractivity contribution in [3.05, 3.63) is 29.8 Å². The van der Waals surface area contributed by atoms with Gasteiger partial charge in [-0.05, 0) is 25.0 Å². The molecule has 0 bridgehead atoms. The molecule has 1 aromatic rings. The molecule has 2 amide bonds. The zero-order valence-corrected chi connectivity index (χ0v) is 12.3. The summed E-state index contributed by atoms with van der Waals surface area (Å²) >= 11 is 1.28. The zero-order chi connectivity index (χ0) is 14.4. The summed E-state index contributed by atoms with van der Waals surface area (Å²) in [6, 6.07) is 7.32. The van der Waals surface area contributed by atoms with Gasteiger partial charge in [0.05, 0.1) is 11.3 Å². The second-order valence-electron chi connectivity index (χ2n) is 4.76. The standard InChI is InChI=1S/C14H20N2O2S/c1-9(2)10(3)16-14(18)11-6-4-5-7-12(11)19-8-13(15)17/h4-7,9-10H,8H2,1-3H3,(H2,15,17)(H,16,18). The van der Waals surface area contributed by atoms with Crippen molar-refractivity contribution in [1.29, 1.82) is 0 Å². The Hall–Kier alpha value is -1.49. The summed E-state index contributed by atoms with van der Waals surface area (Å²) < 4.78 is 0. The Morgan fingerprint density at radius 1 is 1.26 bits per heavy atom. The van der Waals surface area contributed by atoms with Crippen molar-refractivity contribution >= 4 is 23.6 Å². The van der Waals surface area contributed by atoms with E-state index in [0.29, 0.717) is 11.5 Å². The number of primary amides is 1. The number of nitrogens with one attached hydrogen (secondary N) is 1. The maximum absolute atomic E-state index is 12.2. The Balaban J connectivity index is 2.81. The van der Waals surface area contributed by atoms with E-state index >= 15 is 0 Å². The Morgan fingerprint density at radius 2 is 1.89 bits per heavy atom. The molecule has 0 saturated carbocycles. The molecule has 0 aliphatic carbocycles. The van der Waals surface area contributed by atoms with E-state index in [4.69, 9.17) is 5.73 Å². The molecule has 3 N–H and O–H groups in total. The van der Waals surface area contributed by atoms with E-state index < -0.39 is 5.91 Å². The number of hydrogen-bond donors (Lipinski definition) is 2. The summed E-state index contributed by atoms with van der Waals surface area (Å²) in [6.07, 6.45) is 0. The maximum atomic E-state index is 12.2. The predicted octanol–water partition coefficient (Wildman–Crippen LogP) is 2.04. The van der Waals surface area contributed by atoms with Crippen molar-refractivity contribution in [1.82, 2.24) is 5.32 Å². The van der Waals surface area contributed by atoms with Crippen LogP contribution in [0.25, 0.3) is 0 Å². The van der Waals surface area contributed by atoms with Crippen molar-refractivity contribution in [2.45, 2.75) is 31.7 Å². The lowest BCUT2D eigenvalue weighted by atomic mass is 10.1. The Labute approximate surface area is 118 Å². The third-order valence-corrected chi connectivity index (χ3v) is 3.96. The molecule has 0 aliphatic heterocycles. The highest BCUT2D eigenvalue weighted by Gasteiger charge is 2.15. The van der Waals surface area contributed by atoms with Crippen LogP contribution in [0.5, 0.6) is 0 Å². The third-order valence-electron chi connectivity index (χ3n) is 2.86. The molecule has 1 rings (SSSR count). The molecule has 0 aliphatic rings. The number of amides is 2. The smallest absolute Gasteiger partial charge is 0.252 e. The number of rotatable bonds is 6. The van der Waals surface area contributed by atoms with Crippen LogP contribution in [-0.4, -0.2) is 23.6 Å². The molecule has 0 heterocycles. The molecule has 104 valence electrons. The lowest BCUT2D eigenvalue weighted by molar-refractivity contribution is -0.115. The van der Waals surface area contributed by atoms with E-state index in [9.17, 15) is 9.59 Å². The van der Waals surface area contributed by atoms with Crippen LogP contribution < -0.4 is 11.1 Å². The van der Waals surface area contributed by atoms with Crippen molar-refractivity contribution in [3.8, 4) is 0 Å². The van der Waals surface area contributed by atoms with Crippen LogP contribution in [0.3, 0.4) is 0 Å². The van der Waals surface area contributed by atoms with Crippen LogP contribution in [0.4, 0.5) is 0 Å². The molecular weight excluding hydrogens is 260 g/mol. The van der Waals surface area contributed by atoms with Gasteiger partial charge in [-0.3, -0.25) is 9.59 Å². The van der Waals surface area contributed by atoms with Gasteiger partial charge >= 0.3 is 0 Å². The number of thioether (sulfide) groups is 1. The number of hydrogen-bond acceptors (Lipinski definition) is 3. The van der Waals surface area contributed by atoms with Crippen LogP contribution in [-0.2, 0) is 4.79 Å². The van der Waals surface area contributed by atoms with Crippen LogP contribution in [0.15, 0.2) is 29.2 Å². The second kappa shape index (κ2) is 7.19. The minimum absolute atomic E-state index is 0.0988. The van der Waals surface area contributed by atoms with Gasteiger partial charge in [-0.2, -0.15) is 0 Å². The molecule has 5 heteroatoms. The summed E-state index contributed by atoms with van der Waals surface area (Å²) in [5.74, 6) is 0.0308. The first-order chi connectivity index (χ1) is 8.91. The topological polar surface area (TPSA) is 72.2 Å². The van der Waals surface area contributed by atoms with E-state index in [-0.39, 0.29) is 17.7 Å². The Bertz CT molecular complexity index is 461. The normalized spacial score (nSPS) is 12.2. The molecule has 4 nitrogen and oxygen atoms in total. The van der Waals surface area contributed by atoms with Crippen LogP contribution in [0.1, 0.15) is 31.1 Å². The molecule has 1 aromatic carbocycles. The summed E-state index contributed by atoms with van der Waals surface area (Å²) in [7, 11) is 0. The van der Waals surface area contributed by atoms with Crippen molar-refractivity contribution in [2.75, 3.05) is 5.75 Å². The monoisotopic (exact) mass is 280 g/mol. The molecule has 0 saturated heterocycles. The quantitative estimate of drug-likeness (QED) is 0.783. The lowest BCUT2D eigenvalue weighted by Gasteiger charge is -2.18. The summed E-state index contributed by atoms with van der Waals surface area (Å²) in [5.41, 5.74) is 5.71. The molecule has 1 atom stereocenters. The Kier molecular flexibility index (Phi) is 5.89. The van der Waals surface area contributed by atoms with Gasteiger partial charge < -0.3 is 11.1 Å². The lowest BCUT2D eigenvalue weighted by Crippen LogP contribution is -2.36. The first-order valence-corrected chi connectivity index (χ1v) is 7.21. The number of carbonyl (C=O) groups excluding carboxylic acids is 2. The summed E-state index contributed by atoms with van der Waals surface area (Å²) in [6.45, 7) is 6.08. The highest BCUT2D eigenvalue weighted by molar-refractivity contribution is 8.00. The maximum Gasteiger partial charge on any atom is 0.252 e. The van der Waals surface area contributed by atoms with Crippen molar-refractivity contribution in [2.24, 2.45) is 11.7 Å². The fourth-order valence-electron chi connectivity index (χ4n) is 1.38. The van der Waals surface area contributed by atoms with E-state index in [1.54, 1.807) is 6.07 Å². The van der Waals surface area contributed by atoms with Crippen molar-refractivity contribution < 1.29 is 9.59 Å². The first kappa shape index (κ1) is 15.6. The van der Waals surface area contributed by atoms with Gasteiger partial charge in [0.1, 0.15) is 0 Å². The van der Waals surface area contributed by atoms with Crippen LogP contribution in [0.2, 0.25) is 0 Å². The third kappa shape index (κ3) is 4.95. The zero-order valence-electron chi connectivity index (χ0n) is 11.5. The van der Waals surface area contributed by atoms with Gasteiger partial charge in [-0.1, -0.05) is 26.0 Å². The molecular formula is C14H20N2O2S. The fraction of sp³-hybridized carbons (Fsp3) is 0.429. The number of benzene rings is 1. The minimum Gasteiger partial charge on any atom is -0.369 e. The molecule has 0 spiro atoms. The molecule has 0 radical (unpaired) electrons. The van der Waals surface area contributed by atoms with Gasteiger partial charge in [0.25, 0.3) is 5.91 Å². The highest BCUT2D eigenvalue weighted by atomic mass is 32.2. The molecule has 1 unspecified atom stereocenters.